The first kappa shape index (κ1) is 20.1. The number of hydrogen-bond acceptors (Lipinski definition) is 5. The fourth-order valence-electron chi connectivity index (χ4n) is 2.47. The predicted molar refractivity (Wildman–Crippen MR) is 106 cm³/mol. The third-order valence-corrected chi connectivity index (χ3v) is 4.36. The third-order valence-electron chi connectivity index (χ3n) is 3.66. The number of hydrogen-bond donors (Lipinski definition) is 2. The van der Waals surface area contributed by atoms with Crippen molar-refractivity contribution in [3.05, 3.63) is 58.8 Å². The van der Waals surface area contributed by atoms with Gasteiger partial charge < -0.3 is 10.6 Å². The molecule has 1 aromatic carbocycles. The maximum absolute atomic E-state index is 13.2. The quantitative estimate of drug-likeness (QED) is 0.506. The standard InChI is InChI=1S/C19H17BrF3N5/c1-11(2)25-18-27-16(12-5-7-24-8-6-12)10-17(28-18)26-13-3-4-15(20)14(9-13)19(21,22)23/h3-11H,1-2H3,(H2,25,26,27,28). The molecule has 0 amide bonds. The molecule has 28 heavy (non-hydrogen) atoms. The van der Waals surface area contributed by atoms with Crippen LogP contribution < -0.4 is 10.6 Å². The van der Waals surface area contributed by atoms with E-state index in [-0.39, 0.29) is 16.2 Å². The smallest absolute Gasteiger partial charge is 0.352 e. The molecule has 2 N–H and O–H groups in total. The Bertz CT molecular complexity index is 962. The van der Waals surface area contributed by atoms with Crippen LogP contribution in [0.2, 0.25) is 0 Å². The molecule has 0 saturated heterocycles. The van der Waals surface area contributed by atoms with E-state index in [0.717, 1.165) is 11.6 Å². The fraction of sp³-hybridized carbons (Fsp3) is 0.211. The summed E-state index contributed by atoms with van der Waals surface area (Å²) in [6.07, 6.45) is -1.18. The summed E-state index contributed by atoms with van der Waals surface area (Å²) in [6.45, 7) is 3.89. The molecule has 2 aromatic heterocycles. The van der Waals surface area contributed by atoms with Crippen LogP contribution >= 0.6 is 15.9 Å². The van der Waals surface area contributed by atoms with Crippen LogP contribution in [0.4, 0.5) is 30.6 Å². The lowest BCUT2D eigenvalue weighted by Gasteiger charge is -2.15. The van der Waals surface area contributed by atoms with Crippen molar-refractivity contribution in [3.63, 3.8) is 0 Å². The van der Waals surface area contributed by atoms with E-state index in [9.17, 15) is 13.2 Å². The van der Waals surface area contributed by atoms with Crippen LogP contribution in [0.1, 0.15) is 19.4 Å². The molecule has 0 bridgehead atoms. The lowest BCUT2D eigenvalue weighted by Crippen LogP contribution is -2.13. The van der Waals surface area contributed by atoms with Crippen molar-refractivity contribution >= 4 is 33.4 Å². The first-order valence-corrected chi connectivity index (χ1v) is 9.21. The highest BCUT2D eigenvalue weighted by Crippen LogP contribution is 2.37. The van der Waals surface area contributed by atoms with Gasteiger partial charge in [0.2, 0.25) is 5.95 Å². The molecule has 0 saturated carbocycles. The molecule has 3 aromatic rings. The second-order valence-corrected chi connectivity index (χ2v) is 7.17. The van der Waals surface area contributed by atoms with Crippen molar-refractivity contribution in [1.82, 2.24) is 15.0 Å². The SMILES string of the molecule is CC(C)Nc1nc(Nc2ccc(Br)c(C(F)(F)F)c2)cc(-c2ccncc2)n1. The topological polar surface area (TPSA) is 62.7 Å². The zero-order valence-corrected chi connectivity index (χ0v) is 16.6. The summed E-state index contributed by atoms with van der Waals surface area (Å²) in [4.78, 5) is 12.8. The lowest BCUT2D eigenvalue weighted by molar-refractivity contribution is -0.138. The minimum Gasteiger partial charge on any atom is -0.352 e. The van der Waals surface area contributed by atoms with Crippen molar-refractivity contribution in [2.24, 2.45) is 0 Å². The van der Waals surface area contributed by atoms with E-state index in [1.54, 1.807) is 36.7 Å². The summed E-state index contributed by atoms with van der Waals surface area (Å²) in [5, 5.41) is 6.06. The zero-order valence-electron chi connectivity index (χ0n) is 15.0. The number of rotatable bonds is 5. The van der Waals surface area contributed by atoms with Gasteiger partial charge in [-0.2, -0.15) is 18.2 Å². The van der Waals surface area contributed by atoms with Crippen molar-refractivity contribution in [2.45, 2.75) is 26.1 Å². The minimum absolute atomic E-state index is 0.0205. The van der Waals surface area contributed by atoms with Crippen LogP contribution in [0.15, 0.2) is 53.3 Å². The average molecular weight is 452 g/mol. The highest BCUT2D eigenvalue weighted by atomic mass is 79.9. The van der Waals surface area contributed by atoms with Crippen molar-refractivity contribution < 1.29 is 13.2 Å². The van der Waals surface area contributed by atoms with Crippen molar-refractivity contribution in [3.8, 4) is 11.3 Å². The van der Waals surface area contributed by atoms with Crippen LogP contribution in [0.25, 0.3) is 11.3 Å². The number of halogens is 4. The van der Waals surface area contributed by atoms with Gasteiger partial charge >= 0.3 is 6.18 Å². The van der Waals surface area contributed by atoms with Crippen LogP contribution in [-0.2, 0) is 6.18 Å². The highest BCUT2D eigenvalue weighted by Gasteiger charge is 2.33. The molecule has 0 radical (unpaired) electrons. The minimum atomic E-state index is -4.46. The van der Waals surface area contributed by atoms with Crippen LogP contribution in [0.3, 0.4) is 0 Å². The highest BCUT2D eigenvalue weighted by molar-refractivity contribution is 9.10. The number of nitrogens with zero attached hydrogens (tertiary/aromatic N) is 3. The predicted octanol–water partition coefficient (Wildman–Crippen LogP) is 5.88. The zero-order chi connectivity index (χ0) is 20.3. The molecule has 0 aliphatic heterocycles. The maximum atomic E-state index is 13.2. The molecule has 0 atom stereocenters. The lowest BCUT2D eigenvalue weighted by atomic mass is 10.2. The van der Waals surface area contributed by atoms with E-state index in [1.165, 1.54) is 6.07 Å². The van der Waals surface area contributed by atoms with Crippen molar-refractivity contribution in [1.29, 1.82) is 0 Å². The number of aromatic nitrogens is 3. The largest absolute Gasteiger partial charge is 0.417 e. The van der Waals surface area contributed by atoms with Gasteiger partial charge in [0.05, 0.1) is 11.3 Å². The molecule has 0 unspecified atom stereocenters. The Morgan fingerprint density at radius 3 is 2.36 bits per heavy atom. The molecule has 0 fully saturated rings. The Morgan fingerprint density at radius 1 is 1.00 bits per heavy atom. The summed E-state index contributed by atoms with van der Waals surface area (Å²) in [5.74, 6) is 0.750. The van der Waals surface area contributed by atoms with Gasteiger partial charge in [-0.1, -0.05) is 15.9 Å². The van der Waals surface area contributed by atoms with Gasteiger partial charge in [-0.05, 0) is 44.2 Å². The first-order valence-electron chi connectivity index (χ1n) is 8.42. The summed E-state index contributed by atoms with van der Waals surface area (Å²) in [5.41, 5.74) is 0.946. The van der Waals surface area contributed by atoms with Crippen LogP contribution in [0, 0.1) is 0 Å². The Balaban J connectivity index is 1.99. The Hall–Kier alpha value is -2.68. The van der Waals surface area contributed by atoms with Gasteiger partial charge in [-0.3, -0.25) is 4.98 Å². The van der Waals surface area contributed by atoms with Gasteiger partial charge in [-0.25, -0.2) is 4.98 Å². The molecule has 5 nitrogen and oxygen atoms in total. The molecule has 3 rings (SSSR count). The van der Waals surface area contributed by atoms with Gasteiger partial charge in [0.15, 0.2) is 0 Å². The van der Waals surface area contributed by atoms with E-state index >= 15 is 0 Å². The Morgan fingerprint density at radius 2 is 1.71 bits per heavy atom. The van der Waals surface area contributed by atoms with E-state index in [4.69, 9.17) is 0 Å². The summed E-state index contributed by atoms with van der Waals surface area (Å²) < 4.78 is 39.5. The summed E-state index contributed by atoms with van der Waals surface area (Å²) >= 11 is 2.94. The maximum Gasteiger partial charge on any atom is 0.417 e. The van der Waals surface area contributed by atoms with E-state index in [2.05, 4.69) is 41.5 Å². The van der Waals surface area contributed by atoms with E-state index in [0.29, 0.717) is 17.5 Å². The number of benzene rings is 1. The van der Waals surface area contributed by atoms with Gasteiger partial charge in [-0.15, -0.1) is 0 Å². The summed E-state index contributed by atoms with van der Waals surface area (Å²) in [6, 6.07) is 9.29. The fourth-order valence-corrected chi connectivity index (χ4v) is 2.94. The van der Waals surface area contributed by atoms with Gasteiger partial charge in [0.25, 0.3) is 0 Å². The monoisotopic (exact) mass is 451 g/mol. The van der Waals surface area contributed by atoms with Crippen LogP contribution in [0.5, 0.6) is 0 Å². The number of nitrogens with one attached hydrogen (secondary N) is 2. The normalized spacial score (nSPS) is 11.5. The molecule has 0 spiro atoms. The number of anilines is 3. The van der Waals surface area contributed by atoms with Crippen LogP contribution in [-0.4, -0.2) is 21.0 Å². The second kappa shape index (κ2) is 8.14. The van der Waals surface area contributed by atoms with Crippen molar-refractivity contribution in [2.75, 3.05) is 10.6 Å². The molecular weight excluding hydrogens is 435 g/mol. The second-order valence-electron chi connectivity index (χ2n) is 6.31. The molecule has 0 aliphatic rings. The van der Waals surface area contributed by atoms with Gasteiger partial charge in [0, 0.05) is 40.2 Å². The molecule has 2 heterocycles. The molecular formula is C19H17BrF3N5. The van der Waals surface area contributed by atoms with E-state index < -0.39 is 11.7 Å². The molecule has 0 aliphatic carbocycles. The third kappa shape index (κ3) is 4.98. The Labute approximate surface area is 168 Å². The number of pyridine rings is 1. The van der Waals surface area contributed by atoms with E-state index in [1.807, 2.05) is 13.8 Å². The number of alkyl halides is 3. The molecule has 9 heteroatoms. The summed E-state index contributed by atoms with van der Waals surface area (Å²) in [7, 11) is 0. The average Bonchev–Trinajstić information content (AvgIpc) is 2.62. The van der Waals surface area contributed by atoms with Gasteiger partial charge in [0.1, 0.15) is 5.82 Å². The molecule has 146 valence electrons. The first-order chi connectivity index (χ1) is 13.2. The Kier molecular flexibility index (Phi) is 5.83.